The first-order valence-electron chi connectivity index (χ1n) is 7.35. The second-order valence-electron chi connectivity index (χ2n) is 5.89. The summed E-state index contributed by atoms with van der Waals surface area (Å²) in [7, 11) is 1.75. The molecule has 22 heavy (non-hydrogen) atoms. The summed E-state index contributed by atoms with van der Waals surface area (Å²) in [6.07, 6.45) is 5.46. The summed E-state index contributed by atoms with van der Waals surface area (Å²) in [4.78, 5) is 10.9. The summed E-state index contributed by atoms with van der Waals surface area (Å²) in [5.74, 6) is 0.529. The van der Waals surface area contributed by atoms with Crippen LogP contribution in [0.4, 0.5) is 9.52 Å². The lowest BCUT2D eigenvalue weighted by Gasteiger charge is -2.23. The van der Waals surface area contributed by atoms with Crippen molar-refractivity contribution in [1.82, 2.24) is 14.9 Å². The number of rotatable bonds is 3. The predicted molar refractivity (Wildman–Crippen MR) is 82.8 cm³/mol. The van der Waals surface area contributed by atoms with Crippen molar-refractivity contribution < 1.29 is 9.13 Å². The molecule has 1 unspecified atom stereocenters. The van der Waals surface area contributed by atoms with Crippen LogP contribution in [0.15, 0.2) is 18.5 Å². The summed E-state index contributed by atoms with van der Waals surface area (Å²) in [5, 5.41) is 3.51. The molecule has 2 aliphatic heterocycles. The van der Waals surface area contributed by atoms with E-state index in [4.69, 9.17) is 4.74 Å². The van der Waals surface area contributed by atoms with Crippen LogP contribution < -0.4 is 10.1 Å². The third-order valence-corrected chi connectivity index (χ3v) is 5.37. The fourth-order valence-electron chi connectivity index (χ4n) is 3.29. The zero-order valence-corrected chi connectivity index (χ0v) is 13.1. The van der Waals surface area contributed by atoms with Crippen molar-refractivity contribution in [2.24, 2.45) is 0 Å². The number of hydrogen-bond donors (Lipinski definition) is 1. The first kappa shape index (κ1) is 13.9. The van der Waals surface area contributed by atoms with Crippen molar-refractivity contribution in [3.8, 4) is 5.75 Å². The molecule has 116 valence electrons. The number of likely N-dealkylation sites (tertiary alicyclic amines) is 1. The standard InChI is InChI=1S/C15H17FN4OS/c1-17-14-19-13(16)12(22-14)8-20-5-3-15(9-20)6-10-2-4-18-7-11(10)21-15/h2,4,7H,3,5-6,8-9H2,1H3,(H,17,19). The van der Waals surface area contributed by atoms with E-state index in [0.717, 1.165) is 31.7 Å². The van der Waals surface area contributed by atoms with Gasteiger partial charge < -0.3 is 10.1 Å². The molecule has 1 saturated heterocycles. The molecule has 0 saturated carbocycles. The number of pyridine rings is 1. The molecule has 0 aliphatic carbocycles. The van der Waals surface area contributed by atoms with E-state index in [2.05, 4.69) is 20.2 Å². The fraction of sp³-hybridized carbons (Fsp3) is 0.467. The van der Waals surface area contributed by atoms with Crippen LogP contribution in [0.25, 0.3) is 0 Å². The lowest BCUT2D eigenvalue weighted by Crippen LogP contribution is -2.37. The van der Waals surface area contributed by atoms with Gasteiger partial charge in [0.15, 0.2) is 5.13 Å². The predicted octanol–water partition coefficient (Wildman–Crippen LogP) is 2.30. The molecule has 1 atom stereocenters. The van der Waals surface area contributed by atoms with Crippen LogP contribution in [0.5, 0.6) is 5.75 Å². The van der Waals surface area contributed by atoms with Gasteiger partial charge in [-0.2, -0.15) is 9.37 Å². The van der Waals surface area contributed by atoms with E-state index in [1.165, 1.54) is 16.9 Å². The first-order chi connectivity index (χ1) is 10.7. The Balaban J connectivity index is 1.46. The quantitative estimate of drug-likeness (QED) is 0.940. The van der Waals surface area contributed by atoms with Gasteiger partial charge >= 0.3 is 0 Å². The lowest BCUT2D eigenvalue weighted by atomic mass is 9.97. The SMILES string of the molecule is CNc1nc(F)c(CN2CCC3(Cc4ccncc4O3)C2)s1. The molecule has 0 amide bonds. The number of anilines is 1. The van der Waals surface area contributed by atoms with Crippen LogP contribution >= 0.6 is 11.3 Å². The Morgan fingerprint density at radius 1 is 1.55 bits per heavy atom. The summed E-state index contributed by atoms with van der Waals surface area (Å²) >= 11 is 1.37. The Bertz CT molecular complexity index is 680. The topological polar surface area (TPSA) is 50.3 Å². The van der Waals surface area contributed by atoms with Crippen LogP contribution in [-0.4, -0.2) is 40.6 Å². The second kappa shape index (κ2) is 5.17. The molecule has 2 aliphatic rings. The van der Waals surface area contributed by atoms with Gasteiger partial charge in [0.2, 0.25) is 5.95 Å². The molecule has 7 heteroatoms. The second-order valence-corrected chi connectivity index (χ2v) is 6.97. The van der Waals surface area contributed by atoms with E-state index >= 15 is 0 Å². The van der Waals surface area contributed by atoms with Crippen LogP contribution in [0.3, 0.4) is 0 Å². The molecule has 0 bridgehead atoms. The zero-order chi connectivity index (χ0) is 15.2. The van der Waals surface area contributed by atoms with Gasteiger partial charge in [-0.3, -0.25) is 9.88 Å². The van der Waals surface area contributed by atoms with Crippen molar-refractivity contribution in [2.45, 2.75) is 25.0 Å². The van der Waals surface area contributed by atoms with E-state index < -0.39 is 0 Å². The third-order valence-electron chi connectivity index (χ3n) is 4.34. The summed E-state index contributed by atoms with van der Waals surface area (Å²) in [5.41, 5.74) is 1.05. The van der Waals surface area contributed by atoms with Crippen molar-refractivity contribution >= 4 is 16.5 Å². The monoisotopic (exact) mass is 320 g/mol. The van der Waals surface area contributed by atoms with Crippen LogP contribution in [0, 0.1) is 5.95 Å². The highest BCUT2D eigenvalue weighted by Gasteiger charge is 2.45. The number of nitrogens with zero attached hydrogens (tertiary/aromatic N) is 3. The van der Waals surface area contributed by atoms with Gasteiger partial charge in [-0.25, -0.2) is 0 Å². The minimum Gasteiger partial charge on any atom is -0.484 e. The van der Waals surface area contributed by atoms with Gasteiger partial charge in [0, 0.05) is 51.3 Å². The molecule has 2 aromatic rings. The minimum absolute atomic E-state index is 0.168. The maximum atomic E-state index is 13.8. The van der Waals surface area contributed by atoms with Crippen molar-refractivity contribution in [3.05, 3.63) is 34.8 Å². The smallest absolute Gasteiger partial charge is 0.230 e. The summed E-state index contributed by atoms with van der Waals surface area (Å²) in [6.45, 7) is 2.31. The largest absolute Gasteiger partial charge is 0.484 e. The van der Waals surface area contributed by atoms with Gasteiger partial charge in [0.1, 0.15) is 11.4 Å². The van der Waals surface area contributed by atoms with Gasteiger partial charge in [-0.1, -0.05) is 11.3 Å². The maximum absolute atomic E-state index is 13.8. The Morgan fingerprint density at radius 2 is 2.45 bits per heavy atom. The molecule has 1 spiro atoms. The van der Waals surface area contributed by atoms with E-state index in [0.29, 0.717) is 16.6 Å². The molecule has 0 radical (unpaired) electrons. The van der Waals surface area contributed by atoms with Crippen molar-refractivity contribution in [2.75, 3.05) is 25.5 Å². The van der Waals surface area contributed by atoms with Gasteiger partial charge in [0.05, 0.1) is 11.1 Å². The van der Waals surface area contributed by atoms with E-state index in [1.807, 2.05) is 6.07 Å². The van der Waals surface area contributed by atoms with Crippen LogP contribution in [-0.2, 0) is 13.0 Å². The average molecular weight is 320 g/mol. The average Bonchev–Trinajstić information content (AvgIpc) is 3.17. The molecule has 1 N–H and O–H groups in total. The summed E-state index contributed by atoms with van der Waals surface area (Å²) in [6, 6.07) is 2.02. The van der Waals surface area contributed by atoms with E-state index in [9.17, 15) is 4.39 Å². The van der Waals surface area contributed by atoms with Gasteiger partial charge in [-0.05, 0) is 6.07 Å². The molecule has 4 rings (SSSR count). The first-order valence-corrected chi connectivity index (χ1v) is 8.16. The van der Waals surface area contributed by atoms with Gasteiger partial charge in [0.25, 0.3) is 0 Å². The molecule has 1 fully saturated rings. The van der Waals surface area contributed by atoms with Crippen LogP contribution in [0.1, 0.15) is 16.9 Å². The number of aromatic nitrogens is 2. The number of hydrogen-bond acceptors (Lipinski definition) is 6. The Hall–Kier alpha value is -1.73. The normalized spacial score (nSPS) is 23.7. The number of fused-ring (bicyclic) bond motifs is 1. The maximum Gasteiger partial charge on any atom is 0.230 e. The Kier molecular flexibility index (Phi) is 3.27. The highest BCUT2D eigenvalue weighted by atomic mass is 32.1. The van der Waals surface area contributed by atoms with E-state index in [-0.39, 0.29) is 11.5 Å². The van der Waals surface area contributed by atoms with Crippen molar-refractivity contribution in [3.63, 3.8) is 0 Å². The number of ether oxygens (including phenoxy) is 1. The minimum atomic E-state index is -0.366. The summed E-state index contributed by atoms with van der Waals surface area (Å²) < 4.78 is 20.0. The van der Waals surface area contributed by atoms with Crippen LogP contribution in [0.2, 0.25) is 0 Å². The van der Waals surface area contributed by atoms with Gasteiger partial charge in [-0.15, -0.1) is 0 Å². The fourth-order valence-corrected chi connectivity index (χ4v) is 4.13. The molecular formula is C15H17FN4OS. The molecule has 5 nitrogen and oxygen atoms in total. The molecule has 4 heterocycles. The molecule has 0 aromatic carbocycles. The Morgan fingerprint density at radius 3 is 3.23 bits per heavy atom. The van der Waals surface area contributed by atoms with E-state index in [1.54, 1.807) is 19.4 Å². The highest BCUT2D eigenvalue weighted by Crippen LogP contribution is 2.40. The number of halogens is 1. The third kappa shape index (κ3) is 2.34. The Labute approximate surface area is 132 Å². The number of nitrogens with one attached hydrogen (secondary N) is 1. The zero-order valence-electron chi connectivity index (χ0n) is 12.3. The molecule has 2 aromatic heterocycles. The molecular weight excluding hydrogens is 303 g/mol. The highest BCUT2D eigenvalue weighted by molar-refractivity contribution is 7.15. The lowest BCUT2D eigenvalue weighted by molar-refractivity contribution is 0.100. The van der Waals surface area contributed by atoms with Crippen molar-refractivity contribution in [1.29, 1.82) is 0 Å². The number of thiazole rings is 1.